The monoisotopic (exact) mass is 375 g/mol. The lowest BCUT2D eigenvalue weighted by molar-refractivity contribution is -0.120. The molecule has 3 heterocycles. The van der Waals surface area contributed by atoms with Crippen LogP contribution in [0.4, 0.5) is 0 Å². The summed E-state index contributed by atoms with van der Waals surface area (Å²) < 4.78 is 0. The molecule has 1 amide bonds. The molecule has 3 aromatic heterocycles. The van der Waals surface area contributed by atoms with Gasteiger partial charge >= 0.3 is 0 Å². The van der Waals surface area contributed by atoms with Crippen molar-refractivity contribution < 1.29 is 4.79 Å². The molecule has 0 saturated carbocycles. The number of aromatic amines is 1. The molecular weight excluding hydrogens is 354 g/mol. The molecule has 4 rings (SSSR count). The second-order valence-electron chi connectivity index (χ2n) is 6.65. The van der Waals surface area contributed by atoms with Crippen LogP contribution in [0.1, 0.15) is 27.6 Å². The molecule has 27 heavy (non-hydrogen) atoms. The van der Waals surface area contributed by atoms with Crippen LogP contribution in [0.15, 0.2) is 66.3 Å². The average molecular weight is 375 g/mol. The van der Waals surface area contributed by atoms with E-state index in [1.54, 1.807) is 17.5 Å². The van der Waals surface area contributed by atoms with E-state index in [1.165, 1.54) is 15.8 Å². The van der Waals surface area contributed by atoms with Crippen molar-refractivity contribution in [2.24, 2.45) is 0 Å². The lowest BCUT2D eigenvalue weighted by Crippen LogP contribution is -2.29. The molecule has 0 fully saturated rings. The van der Waals surface area contributed by atoms with Gasteiger partial charge in [0.25, 0.3) is 0 Å². The third-order valence-corrected chi connectivity index (χ3v) is 5.71. The van der Waals surface area contributed by atoms with Crippen LogP contribution in [0.25, 0.3) is 10.9 Å². The lowest BCUT2D eigenvalue weighted by atomic mass is 9.96. The summed E-state index contributed by atoms with van der Waals surface area (Å²) in [5, 5.41) is 6.40. The van der Waals surface area contributed by atoms with Crippen LogP contribution in [0.5, 0.6) is 0 Å². The van der Waals surface area contributed by atoms with Gasteiger partial charge in [0.2, 0.25) is 5.91 Å². The van der Waals surface area contributed by atoms with Crippen molar-refractivity contribution in [2.45, 2.75) is 19.3 Å². The highest BCUT2D eigenvalue weighted by Gasteiger charge is 2.20. The summed E-state index contributed by atoms with van der Waals surface area (Å²) in [6, 6.07) is 16.4. The highest BCUT2D eigenvalue weighted by molar-refractivity contribution is 7.10. The Morgan fingerprint density at radius 1 is 1.19 bits per heavy atom. The Morgan fingerprint density at radius 2 is 2.07 bits per heavy atom. The van der Waals surface area contributed by atoms with Gasteiger partial charge in [0.15, 0.2) is 0 Å². The molecule has 1 unspecified atom stereocenters. The zero-order valence-electron chi connectivity index (χ0n) is 15.1. The predicted molar refractivity (Wildman–Crippen MR) is 110 cm³/mol. The highest BCUT2D eigenvalue weighted by atomic mass is 32.1. The van der Waals surface area contributed by atoms with Gasteiger partial charge < -0.3 is 10.3 Å². The Balaban J connectivity index is 1.52. The van der Waals surface area contributed by atoms with E-state index >= 15 is 0 Å². The lowest BCUT2D eigenvalue weighted by Gasteiger charge is -2.16. The van der Waals surface area contributed by atoms with Gasteiger partial charge in [0, 0.05) is 46.3 Å². The molecule has 0 spiro atoms. The fourth-order valence-corrected chi connectivity index (χ4v) is 4.15. The van der Waals surface area contributed by atoms with Crippen molar-refractivity contribution in [2.75, 3.05) is 6.54 Å². The largest absolute Gasteiger partial charge is 0.361 e. The van der Waals surface area contributed by atoms with E-state index in [0.717, 1.165) is 16.8 Å². The van der Waals surface area contributed by atoms with Gasteiger partial charge in [-0.2, -0.15) is 0 Å². The van der Waals surface area contributed by atoms with E-state index in [0.29, 0.717) is 13.0 Å². The van der Waals surface area contributed by atoms with Crippen LogP contribution < -0.4 is 5.32 Å². The van der Waals surface area contributed by atoms with Gasteiger partial charge in [-0.05, 0) is 41.6 Å². The standard InChI is InChI=1S/C22H21N3OS/c1-15-8-9-16(12-23-15)11-22(26)25-14-19(21-7-4-10-27-21)18-13-24-20-6-3-2-5-17(18)20/h2-10,12-13,19,24H,11,14H2,1H3,(H,25,26). The van der Waals surface area contributed by atoms with E-state index in [4.69, 9.17) is 0 Å². The van der Waals surface area contributed by atoms with E-state index in [1.807, 2.05) is 31.2 Å². The first-order chi connectivity index (χ1) is 13.2. The number of hydrogen-bond acceptors (Lipinski definition) is 3. The van der Waals surface area contributed by atoms with Gasteiger partial charge in [-0.15, -0.1) is 11.3 Å². The first kappa shape index (κ1) is 17.5. The number of carbonyl (C=O) groups is 1. The van der Waals surface area contributed by atoms with Crippen molar-refractivity contribution in [3.05, 3.63) is 88.0 Å². The molecule has 0 saturated heterocycles. The smallest absolute Gasteiger partial charge is 0.224 e. The van der Waals surface area contributed by atoms with Crippen LogP contribution in [0.2, 0.25) is 0 Å². The quantitative estimate of drug-likeness (QED) is 0.524. The number of nitrogens with zero attached hydrogens (tertiary/aromatic N) is 1. The number of thiophene rings is 1. The number of H-pyrrole nitrogens is 1. The topological polar surface area (TPSA) is 57.8 Å². The number of benzene rings is 1. The molecule has 0 aliphatic heterocycles. The number of carbonyl (C=O) groups excluding carboxylic acids is 1. The Hall–Kier alpha value is -2.92. The number of hydrogen-bond donors (Lipinski definition) is 2. The van der Waals surface area contributed by atoms with E-state index < -0.39 is 0 Å². The summed E-state index contributed by atoms with van der Waals surface area (Å²) in [6.45, 7) is 2.51. The van der Waals surface area contributed by atoms with Crippen molar-refractivity contribution >= 4 is 28.1 Å². The summed E-state index contributed by atoms with van der Waals surface area (Å²) in [6.07, 6.45) is 4.18. The van der Waals surface area contributed by atoms with Crippen LogP contribution in [0.3, 0.4) is 0 Å². The predicted octanol–water partition coefficient (Wildman–Crippen LogP) is 4.42. The maximum Gasteiger partial charge on any atom is 0.224 e. The Morgan fingerprint density at radius 3 is 2.85 bits per heavy atom. The van der Waals surface area contributed by atoms with Gasteiger partial charge in [-0.25, -0.2) is 0 Å². The molecule has 0 aliphatic carbocycles. The summed E-state index contributed by atoms with van der Waals surface area (Å²) in [5.41, 5.74) is 4.21. The van der Waals surface area contributed by atoms with Crippen molar-refractivity contribution in [3.63, 3.8) is 0 Å². The Labute approximate surface area is 162 Å². The Kier molecular flexibility index (Phi) is 5.03. The minimum atomic E-state index is 0.0158. The van der Waals surface area contributed by atoms with Gasteiger partial charge in [0.05, 0.1) is 6.42 Å². The third-order valence-electron chi connectivity index (χ3n) is 4.72. The number of amides is 1. The molecule has 4 aromatic rings. The average Bonchev–Trinajstić information content (AvgIpc) is 3.35. The molecular formula is C22H21N3OS. The molecule has 0 bridgehead atoms. The number of rotatable bonds is 6. The first-order valence-electron chi connectivity index (χ1n) is 8.98. The fourth-order valence-electron chi connectivity index (χ4n) is 3.30. The molecule has 1 aromatic carbocycles. The summed E-state index contributed by atoms with van der Waals surface area (Å²) in [4.78, 5) is 21.3. The molecule has 0 aliphatic rings. The van der Waals surface area contributed by atoms with Crippen LogP contribution in [-0.2, 0) is 11.2 Å². The molecule has 136 valence electrons. The zero-order chi connectivity index (χ0) is 18.6. The fraction of sp³-hybridized carbons (Fsp3) is 0.182. The van der Waals surface area contributed by atoms with Gasteiger partial charge in [-0.3, -0.25) is 9.78 Å². The first-order valence-corrected chi connectivity index (χ1v) is 9.86. The zero-order valence-corrected chi connectivity index (χ0v) is 15.9. The van der Waals surface area contributed by atoms with Crippen LogP contribution in [-0.4, -0.2) is 22.4 Å². The van der Waals surface area contributed by atoms with E-state index in [9.17, 15) is 4.79 Å². The second-order valence-corrected chi connectivity index (χ2v) is 7.63. The number of pyridine rings is 1. The van der Waals surface area contributed by atoms with Crippen LogP contribution in [0, 0.1) is 6.92 Å². The van der Waals surface area contributed by atoms with Gasteiger partial charge in [0.1, 0.15) is 0 Å². The SMILES string of the molecule is Cc1ccc(CC(=O)NCC(c2cccs2)c2c[nH]c3ccccc23)cn1. The normalized spacial score (nSPS) is 12.2. The highest BCUT2D eigenvalue weighted by Crippen LogP contribution is 2.32. The van der Waals surface area contributed by atoms with Crippen LogP contribution >= 0.6 is 11.3 Å². The number of aryl methyl sites for hydroxylation is 1. The summed E-state index contributed by atoms with van der Waals surface area (Å²) in [5.74, 6) is 0.142. The number of para-hydroxylation sites is 1. The summed E-state index contributed by atoms with van der Waals surface area (Å²) in [7, 11) is 0. The summed E-state index contributed by atoms with van der Waals surface area (Å²) >= 11 is 1.72. The Bertz CT molecular complexity index is 1040. The molecule has 5 heteroatoms. The van der Waals surface area contributed by atoms with E-state index in [-0.39, 0.29) is 11.8 Å². The maximum atomic E-state index is 12.5. The molecule has 2 N–H and O–H groups in total. The minimum absolute atomic E-state index is 0.0158. The number of fused-ring (bicyclic) bond motifs is 1. The van der Waals surface area contributed by atoms with Crippen molar-refractivity contribution in [3.8, 4) is 0 Å². The molecule has 0 radical (unpaired) electrons. The number of aromatic nitrogens is 2. The van der Waals surface area contributed by atoms with E-state index in [2.05, 4.69) is 51.1 Å². The maximum absolute atomic E-state index is 12.5. The second kappa shape index (κ2) is 7.76. The number of nitrogens with one attached hydrogen (secondary N) is 2. The van der Waals surface area contributed by atoms with Gasteiger partial charge in [-0.1, -0.05) is 30.3 Å². The molecule has 4 nitrogen and oxygen atoms in total. The van der Waals surface area contributed by atoms with Crippen molar-refractivity contribution in [1.29, 1.82) is 0 Å². The third kappa shape index (κ3) is 3.93. The minimum Gasteiger partial charge on any atom is -0.361 e. The van der Waals surface area contributed by atoms with Crippen molar-refractivity contribution in [1.82, 2.24) is 15.3 Å². The molecule has 1 atom stereocenters.